The summed E-state index contributed by atoms with van der Waals surface area (Å²) in [5.74, 6) is 1.02. The minimum absolute atomic E-state index is 0.151. The Bertz CT molecular complexity index is 415. The SMILES string of the molecule is C[C@H]1Cc2cccc(=O)n2[C@@H]1P(P)PP. The Kier molecular flexibility index (Phi) is 3.96. The molecule has 0 saturated carbocycles. The lowest BCUT2D eigenvalue weighted by Gasteiger charge is -2.24. The predicted molar refractivity (Wildman–Crippen MR) is 77.3 cm³/mol. The first kappa shape index (κ1) is 12.1. The normalized spacial score (nSPS) is 27.1. The predicted octanol–water partition coefficient (Wildman–Crippen LogP) is 3.19. The third-order valence-electron chi connectivity index (χ3n) is 2.81. The third-order valence-corrected chi connectivity index (χ3v) is 13.7. The van der Waals surface area contributed by atoms with Gasteiger partial charge in [0.25, 0.3) is 5.56 Å². The highest BCUT2D eigenvalue weighted by atomic mass is 32.6. The minimum atomic E-state index is -0.151. The molecule has 0 bridgehead atoms. The first-order valence-electron chi connectivity index (χ1n) is 4.85. The molecule has 2 rings (SSSR count). The molecule has 0 aliphatic carbocycles. The number of hydrogen-bond acceptors (Lipinski definition) is 1. The van der Waals surface area contributed by atoms with E-state index in [4.69, 9.17) is 0 Å². The van der Waals surface area contributed by atoms with Crippen LogP contribution < -0.4 is 5.56 Å². The van der Waals surface area contributed by atoms with Crippen LogP contribution in [0.1, 0.15) is 18.4 Å². The monoisotopic (exact) mass is 277 g/mol. The van der Waals surface area contributed by atoms with E-state index in [-0.39, 0.29) is 12.9 Å². The highest BCUT2D eigenvalue weighted by Crippen LogP contribution is 2.75. The average Bonchev–Trinajstić information content (AvgIpc) is 2.55. The van der Waals surface area contributed by atoms with Gasteiger partial charge in [-0.25, -0.2) is 0 Å². The van der Waals surface area contributed by atoms with Crippen LogP contribution in [-0.2, 0) is 6.42 Å². The topological polar surface area (TPSA) is 22.0 Å². The molecule has 0 radical (unpaired) electrons. The van der Waals surface area contributed by atoms with Crippen LogP contribution in [0.25, 0.3) is 0 Å². The average molecular weight is 277 g/mol. The van der Waals surface area contributed by atoms with Crippen LogP contribution in [-0.4, -0.2) is 4.57 Å². The van der Waals surface area contributed by atoms with Gasteiger partial charge in [0, 0.05) is 11.8 Å². The molecule has 0 amide bonds. The zero-order valence-electron chi connectivity index (χ0n) is 8.55. The second-order valence-electron chi connectivity index (χ2n) is 3.86. The highest BCUT2D eigenvalue weighted by Gasteiger charge is 2.32. The van der Waals surface area contributed by atoms with Crippen molar-refractivity contribution < 1.29 is 0 Å². The van der Waals surface area contributed by atoms with E-state index in [1.165, 1.54) is 5.69 Å². The van der Waals surface area contributed by atoms with E-state index in [2.05, 4.69) is 30.8 Å². The molecule has 6 heteroatoms. The van der Waals surface area contributed by atoms with Gasteiger partial charge in [-0.1, -0.05) is 20.9 Å². The van der Waals surface area contributed by atoms with Gasteiger partial charge in [-0.3, -0.25) is 4.79 Å². The Balaban J connectivity index is 2.48. The van der Waals surface area contributed by atoms with Gasteiger partial charge in [-0.05, 0) is 25.7 Å². The molecule has 1 aliphatic heterocycles. The number of rotatable bonds is 2. The minimum Gasteiger partial charge on any atom is -0.304 e. The fourth-order valence-corrected chi connectivity index (χ4v) is 7.72. The molecule has 1 aliphatic rings. The first-order chi connectivity index (χ1) is 7.15. The molecular formula is C9H15NOP4. The molecule has 6 atom stereocenters. The second kappa shape index (κ2) is 4.89. The molecule has 1 aromatic heterocycles. The first-order valence-corrected chi connectivity index (χ1v) is 11.5. The van der Waals surface area contributed by atoms with E-state index in [9.17, 15) is 4.79 Å². The van der Waals surface area contributed by atoms with E-state index in [0.717, 1.165) is 14.4 Å². The second-order valence-corrected chi connectivity index (χ2v) is 13.3. The number of aromatic nitrogens is 1. The Hall–Kier alpha value is 0.670. The van der Waals surface area contributed by atoms with Gasteiger partial charge < -0.3 is 4.57 Å². The van der Waals surface area contributed by atoms with Gasteiger partial charge >= 0.3 is 0 Å². The van der Waals surface area contributed by atoms with Crippen LogP contribution in [0.4, 0.5) is 0 Å². The number of fused-ring (bicyclic) bond motifs is 1. The number of pyridine rings is 1. The van der Waals surface area contributed by atoms with E-state index < -0.39 is 0 Å². The Morgan fingerprint density at radius 2 is 2.33 bits per heavy atom. The molecule has 15 heavy (non-hydrogen) atoms. The number of hydrogen-bond donors (Lipinski definition) is 0. The quantitative estimate of drug-likeness (QED) is 0.761. The summed E-state index contributed by atoms with van der Waals surface area (Å²) in [7, 11) is 6.45. The molecule has 0 N–H and O–H groups in total. The van der Waals surface area contributed by atoms with Crippen molar-refractivity contribution in [3.8, 4) is 0 Å². The van der Waals surface area contributed by atoms with Crippen molar-refractivity contribution in [2.45, 2.75) is 19.1 Å². The van der Waals surface area contributed by atoms with Crippen molar-refractivity contribution in [3.05, 3.63) is 34.2 Å². The van der Waals surface area contributed by atoms with Crippen molar-refractivity contribution in [2.75, 3.05) is 0 Å². The number of nitrogens with zero attached hydrogens (tertiary/aromatic N) is 1. The molecule has 82 valence electrons. The molecule has 4 unspecified atom stereocenters. The molecule has 1 aromatic rings. The largest absolute Gasteiger partial charge is 0.304 e. The maximum absolute atomic E-state index is 11.8. The highest BCUT2D eigenvalue weighted by molar-refractivity contribution is 8.61. The van der Waals surface area contributed by atoms with Crippen LogP contribution >= 0.6 is 33.1 Å². The van der Waals surface area contributed by atoms with Crippen molar-refractivity contribution in [2.24, 2.45) is 5.92 Å². The van der Waals surface area contributed by atoms with Crippen LogP contribution in [0.15, 0.2) is 23.0 Å². The summed E-state index contributed by atoms with van der Waals surface area (Å²) >= 11 is 0. The van der Waals surface area contributed by atoms with Gasteiger partial charge in [0.15, 0.2) is 0 Å². The van der Waals surface area contributed by atoms with Crippen molar-refractivity contribution >= 4 is 33.1 Å². The fraction of sp³-hybridized carbons (Fsp3) is 0.444. The lowest BCUT2D eigenvalue weighted by molar-refractivity contribution is 0.538. The molecule has 0 fully saturated rings. The zero-order chi connectivity index (χ0) is 11.0. The zero-order valence-corrected chi connectivity index (χ0v) is 12.8. The van der Waals surface area contributed by atoms with Crippen molar-refractivity contribution in [1.82, 2.24) is 4.57 Å². The van der Waals surface area contributed by atoms with Crippen molar-refractivity contribution in [1.29, 1.82) is 0 Å². The summed E-state index contributed by atoms with van der Waals surface area (Å²) in [4.78, 5) is 11.8. The molecule has 0 saturated heterocycles. The third kappa shape index (κ3) is 2.21. The fourth-order valence-electron chi connectivity index (χ4n) is 2.18. The molecular weight excluding hydrogens is 262 g/mol. The summed E-state index contributed by atoms with van der Waals surface area (Å²) in [6, 6.07) is 5.63. The standard InChI is InChI=1S/C9H15NOP4/c1-6-5-7-3-2-4-8(11)10(7)9(6)15(13)14-12/h2-4,6,9,14H,5,12-13H2,1H3/t6-,9+,15?/m0/s1. The van der Waals surface area contributed by atoms with Crippen LogP contribution in [0.2, 0.25) is 0 Å². The summed E-state index contributed by atoms with van der Waals surface area (Å²) in [6.45, 7) is 2.25. The van der Waals surface area contributed by atoms with Crippen LogP contribution in [0, 0.1) is 5.92 Å². The van der Waals surface area contributed by atoms with Crippen molar-refractivity contribution in [3.63, 3.8) is 0 Å². The summed E-state index contributed by atoms with van der Waals surface area (Å²) in [5.41, 5.74) is 1.37. The van der Waals surface area contributed by atoms with Gasteiger partial charge in [-0.2, -0.15) is 0 Å². The van der Waals surface area contributed by atoms with Gasteiger partial charge in [0.05, 0.1) is 5.78 Å². The van der Waals surface area contributed by atoms with Gasteiger partial charge in [0.2, 0.25) is 0 Å². The van der Waals surface area contributed by atoms with E-state index in [1.54, 1.807) is 6.07 Å². The van der Waals surface area contributed by atoms with Gasteiger partial charge in [-0.15, -0.1) is 17.9 Å². The Morgan fingerprint density at radius 3 is 3.00 bits per heavy atom. The summed E-state index contributed by atoms with van der Waals surface area (Å²) in [6.07, 6.45) is 1.04. The van der Waals surface area contributed by atoms with E-state index in [1.807, 2.05) is 10.6 Å². The summed E-state index contributed by atoms with van der Waals surface area (Å²) in [5, 5.41) is 0. The summed E-state index contributed by atoms with van der Waals surface area (Å²) < 4.78 is 2.01. The maximum atomic E-state index is 11.8. The maximum Gasteiger partial charge on any atom is 0.251 e. The van der Waals surface area contributed by atoms with E-state index in [0.29, 0.717) is 11.7 Å². The van der Waals surface area contributed by atoms with E-state index >= 15 is 0 Å². The van der Waals surface area contributed by atoms with Crippen LogP contribution in [0.5, 0.6) is 0 Å². The Morgan fingerprint density at radius 1 is 1.60 bits per heavy atom. The Labute approximate surface area is 97.2 Å². The lowest BCUT2D eigenvalue weighted by Crippen LogP contribution is -2.21. The van der Waals surface area contributed by atoms with Gasteiger partial charge in [0.1, 0.15) is 0 Å². The molecule has 0 spiro atoms. The molecule has 2 heterocycles. The van der Waals surface area contributed by atoms with Crippen LogP contribution in [0.3, 0.4) is 0 Å². The molecule has 0 aromatic carbocycles. The molecule has 2 nitrogen and oxygen atoms in total. The lowest BCUT2D eigenvalue weighted by atomic mass is 10.1. The smallest absolute Gasteiger partial charge is 0.251 e.